The van der Waals surface area contributed by atoms with Gasteiger partial charge in [-0.2, -0.15) is 10.4 Å². The van der Waals surface area contributed by atoms with Crippen LogP contribution < -0.4 is 0 Å². The molecule has 0 atom stereocenters. The van der Waals surface area contributed by atoms with Crippen molar-refractivity contribution in [3.05, 3.63) is 56.9 Å². The van der Waals surface area contributed by atoms with Crippen molar-refractivity contribution in [2.75, 3.05) is 0 Å². The molecule has 1 heterocycles. The van der Waals surface area contributed by atoms with Crippen molar-refractivity contribution in [1.29, 1.82) is 5.26 Å². The third kappa shape index (κ3) is 3.75. The van der Waals surface area contributed by atoms with E-state index in [4.69, 9.17) is 0 Å². The average molecular weight is 354 g/mol. The van der Waals surface area contributed by atoms with Crippen LogP contribution in [0.4, 0.5) is 11.5 Å². The van der Waals surface area contributed by atoms with Gasteiger partial charge in [-0.3, -0.25) is 15.2 Å². The number of aromatic nitrogens is 2. The summed E-state index contributed by atoms with van der Waals surface area (Å²) in [6, 6.07) is 7.23. The van der Waals surface area contributed by atoms with E-state index < -0.39 is 16.4 Å². The minimum atomic E-state index is -0.648. The molecule has 0 unspecified atom stereocenters. The van der Waals surface area contributed by atoms with Crippen molar-refractivity contribution >= 4 is 17.3 Å². The summed E-state index contributed by atoms with van der Waals surface area (Å²) in [7, 11) is 0. The molecule has 1 aromatic carbocycles. The lowest BCUT2D eigenvalue weighted by Gasteiger charge is -2.16. The summed E-state index contributed by atoms with van der Waals surface area (Å²) in [5.41, 5.74) is 0.576. The maximum Gasteiger partial charge on any atom is 0.280 e. The Labute approximate surface area is 149 Å². The van der Waals surface area contributed by atoms with Gasteiger partial charge in [0.2, 0.25) is 5.70 Å². The number of allylic oxidation sites excluding steroid dienone is 1. The number of aliphatic hydroxyl groups excluding tert-OH is 1. The lowest BCUT2D eigenvalue weighted by molar-refractivity contribution is -0.385. The number of nitro groups is 1. The van der Waals surface area contributed by atoms with Gasteiger partial charge in [0, 0.05) is 22.7 Å². The van der Waals surface area contributed by atoms with Crippen molar-refractivity contribution in [3.8, 4) is 6.07 Å². The number of benzene rings is 1. The van der Waals surface area contributed by atoms with Gasteiger partial charge >= 0.3 is 0 Å². The fourth-order valence-electron chi connectivity index (χ4n) is 2.40. The Morgan fingerprint density at radius 2 is 2.04 bits per heavy atom. The Bertz CT molecular complexity index is 944. The number of nitro benzene ring substituents is 1. The largest absolute Gasteiger partial charge is 0.504 e. The summed E-state index contributed by atoms with van der Waals surface area (Å²) in [5.74, 6) is -0.342. The summed E-state index contributed by atoms with van der Waals surface area (Å²) in [4.78, 5) is 10.4. The Kier molecular flexibility index (Phi) is 5.16. The highest BCUT2D eigenvalue weighted by atomic mass is 16.6. The van der Waals surface area contributed by atoms with Gasteiger partial charge in [-0.15, -0.1) is 10.2 Å². The van der Waals surface area contributed by atoms with Gasteiger partial charge in [-0.05, 0) is 13.0 Å². The molecule has 1 aromatic heterocycles. The molecule has 0 saturated carbocycles. The van der Waals surface area contributed by atoms with Crippen LogP contribution in [0.15, 0.2) is 40.2 Å². The zero-order chi connectivity index (χ0) is 19.5. The maximum atomic E-state index is 11.1. The third-order valence-electron chi connectivity index (χ3n) is 3.66. The van der Waals surface area contributed by atoms with E-state index in [0.717, 1.165) is 11.3 Å². The van der Waals surface area contributed by atoms with Crippen molar-refractivity contribution in [2.45, 2.75) is 33.1 Å². The van der Waals surface area contributed by atoms with Crippen LogP contribution in [-0.4, -0.2) is 20.2 Å². The van der Waals surface area contributed by atoms with Gasteiger partial charge < -0.3 is 5.11 Å². The predicted octanol–water partition coefficient (Wildman–Crippen LogP) is 4.46. The van der Waals surface area contributed by atoms with E-state index in [2.05, 4.69) is 20.4 Å². The van der Waals surface area contributed by atoms with Crippen molar-refractivity contribution in [2.24, 2.45) is 10.2 Å². The first kappa shape index (κ1) is 18.8. The Hall–Kier alpha value is -3.54. The molecule has 134 valence electrons. The minimum absolute atomic E-state index is 0.109. The summed E-state index contributed by atoms with van der Waals surface area (Å²) >= 11 is 0. The summed E-state index contributed by atoms with van der Waals surface area (Å²) < 4.78 is 0. The molecule has 0 bridgehead atoms. The number of aromatic amines is 1. The van der Waals surface area contributed by atoms with Crippen LogP contribution in [0.25, 0.3) is 5.76 Å². The molecule has 26 heavy (non-hydrogen) atoms. The van der Waals surface area contributed by atoms with Crippen molar-refractivity contribution < 1.29 is 10.0 Å². The highest BCUT2D eigenvalue weighted by Gasteiger charge is 2.22. The van der Waals surface area contributed by atoms with E-state index in [1.54, 1.807) is 6.07 Å². The smallest absolute Gasteiger partial charge is 0.280 e. The minimum Gasteiger partial charge on any atom is -0.504 e. The SMILES string of the molecule is Cc1c(/N=N/C(C#N)=C(\O)c2ccccc2[N+](=O)[O-])n[nH]c1C(C)(C)C. The van der Waals surface area contributed by atoms with E-state index in [9.17, 15) is 20.5 Å². The van der Waals surface area contributed by atoms with Crippen LogP contribution in [0.3, 0.4) is 0 Å². The molecule has 0 radical (unpaired) electrons. The zero-order valence-electron chi connectivity index (χ0n) is 14.8. The van der Waals surface area contributed by atoms with E-state index in [1.165, 1.54) is 24.3 Å². The van der Waals surface area contributed by atoms with E-state index in [-0.39, 0.29) is 22.5 Å². The first-order valence-electron chi connectivity index (χ1n) is 7.71. The lowest BCUT2D eigenvalue weighted by atomic mass is 9.90. The maximum absolute atomic E-state index is 11.1. The van der Waals surface area contributed by atoms with Crippen LogP contribution >= 0.6 is 0 Å². The highest BCUT2D eigenvalue weighted by Crippen LogP contribution is 2.30. The summed E-state index contributed by atoms with van der Waals surface area (Å²) in [5, 5.41) is 45.2. The van der Waals surface area contributed by atoms with Gasteiger partial charge in [-0.1, -0.05) is 32.9 Å². The molecule has 0 amide bonds. The standard InChI is InChI=1S/C17H18N6O3/c1-10-15(17(2,3)4)20-22-16(10)21-19-12(9-18)14(24)11-7-5-6-8-13(11)23(25)26/h5-8,24H,1-4H3,(H,20,22)/b14-12-,21-19+. The fraction of sp³-hybridized carbons (Fsp3) is 0.294. The first-order chi connectivity index (χ1) is 12.2. The molecule has 0 aliphatic rings. The number of nitriles is 1. The van der Waals surface area contributed by atoms with Crippen LogP contribution in [-0.2, 0) is 5.41 Å². The number of azo groups is 1. The third-order valence-corrected chi connectivity index (χ3v) is 3.66. The summed E-state index contributed by atoms with van der Waals surface area (Å²) in [6.07, 6.45) is 0. The molecule has 0 aliphatic carbocycles. The molecule has 9 nitrogen and oxygen atoms in total. The highest BCUT2D eigenvalue weighted by molar-refractivity contribution is 5.71. The van der Waals surface area contributed by atoms with Crippen LogP contribution in [0.1, 0.15) is 37.6 Å². The second-order valence-electron chi connectivity index (χ2n) is 6.58. The first-order valence-corrected chi connectivity index (χ1v) is 7.71. The van der Waals surface area contributed by atoms with E-state index >= 15 is 0 Å². The molecule has 2 aromatic rings. The number of aliphatic hydroxyl groups is 1. The molecule has 0 fully saturated rings. The Morgan fingerprint density at radius 1 is 1.38 bits per heavy atom. The van der Waals surface area contributed by atoms with Crippen LogP contribution in [0.2, 0.25) is 0 Å². The van der Waals surface area contributed by atoms with Crippen molar-refractivity contribution in [1.82, 2.24) is 10.2 Å². The van der Waals surface area contributed by atoms with E-state index in [0.29, 0.717) is 0 Å². The number of para-hydroxylation sites is 1. The number of hydrogen-bond acceptors (Lipinski definition) is 7. The molecule has 0 saturated heterocycles. The fourth-order valence-corrected chi connectivity index (χ4v) is 2.40. The number of H-pyrrole nitrogens is 1. The van der Waals surface area contributed by atoms with Gasteiger partial charge in [-0.25, -0.2) is 0 Å². The number of nitrogens with one attached hydrogen (secondary N) is 1. The van der Waals surface area contributed by atoms with Crippen LogP contribution in [0, 0.1) is 28.4 Å². The topological polar surface area (TPSA) is 141 Å². The number of rotatable bonds is 4. The molecular weight excluding hydrogens is 336 g/mol. The molecule has 9 heteroatoms. The van der Waals surface area contributed by atoms with E-state index in [1.807, 2.05) is 27.7 Å². The van der Waals surface area contributed by atoms with Gasteiger partial charge in [0.1, 0.15) is 6.07 Å². The molecule has 2 N–H and O–H groups in total. The molecule has 0 aliphatic heterocycles. The van der Waals surface area contributed by atoms with Gasteiger partial charge in [0.25, 0.3) is 5.69 Å². The second kappa shape index (κ2) is 7.14. The number of hydrogen-bond donors (Lipinski definition) is 2. The Balaban J connectivity index is 2.46. The quantitative estimate of drug-likeness (QED) is 0.274. The average Bonchev–Trinajstić information content (AvgIpc) is 2.96. The predicted molar refractivity (Wildman–Crippen MR) is 94.8 cm³/mol. The van der Waals surface area contributed by atoms with Gasteiger partial charge in [0.05, 0.1) is 10.5 Å². The Morgan fingerprint density at radius 3 is 2.58 bits per heavy atom. The summed E-state index contributed by atoms with van der Waals surface area (Å²) in [6.45, 7) is 7.84. The van der Waals surface area contributed by atoms with Gasteiger partial charge in [0.15, 0.2) is 11.6 Å². The van der Waals surface area contributed by atoms with Crippen LogP contribution in [0.5, 0.6) is 0 Å². The molecule has 0 spiro atoms. The zero-order valence-corrected chi connectivity index (χ0v) is 14.8. The normalized spacial score (nSPS) is 12.7. The monoisotopic (exact) mass is 354 g/mol. The molecular formula is C17H18N6O3. The molecule has 2 rings (SSSR count). The van der Waals surface area contributed by atoms with Crippen molar-refractivity contribution in [3.63, 3.8) is 0 Å². The lowest BCUT2D eigenvalue weighted by Crippen LogP contribution is -2.13. The number of nitrogens with zero attached hydrogens (tertiary/aromatic N) is 5. The second-order valence-corrected chi connectivity index (χ2v) is 6.58.